The minimum absolute atomic E-state index is 0.0170. The molecule has 0 saturated carbocycles. The van der Waals surface area contributed by atoms with E-state index in [0.717, 1.165) is 5.56 Å². The van der Waals surface area contributed by atoms with Crippen molar-refractivity contribution in [3.63, 3.8) is 0 Å². The van der Waals surface area contributed by atoms with Gasteiger partial charge in [-0.05, 0) is 24.6 Å². The Morgan fingerprint density at radius 3 is 2.56 bits per heavy atom. The topological polar surface area (TPSA) is 55.8 Å². The van der Waals surface area contributed by atoms with E-state index in [1.165, 1.54) is 0 Å². The highest BCUT2D eigenvalue weighted by Gasteiger charge is 2.01. The molecule has 0 radical (unpaired) electrons. The van der Waals surface area contributed by atoms with Crippen LogP contribution in [0.2, 0.25) is 0 Å². The van der Waals surface area contributed by atoms with E-state index in [4.69, 9.17) is 14.6 Å². The molecule has 0 bridgehead atoms. The summed E-state index contributed by atoms with van der Waals surface area (Å²) in [5, 5.41) is 8.83. The fourth-order valence-electron chi connectivity index (χ4n) is 1.18. The van der Waals surface area contributed by atoms with Gasteiger partial charge in [0, 0.05) is 0 Å². The summed E-state index contributed by atoms with van der Waals surface area (Å²) in [5.74, 6) is 0.427. The maximum Gasteiger partial charge on any atom is 0.309 e. The first-order valence-corrected chi connectivity index (χ1v) is 5.24. The Labute approximate surface area is 94.8 Å². The summed E-state index contributed by atoms with van der Waals surface area (Å²) in [7, 11) is 0. The van der Waals surface area contributed by atoms with E-state index in [-0.39, 0.29) is 19.0 Å². The third kappa shape index (κ3) is 4.31. The summed E-state index contributed by atoms with van der Waals surface area (Å²) < 4.78 is 10.1. The molecule has 16 heavy (non-hydrogen) atoms. The van der Waals surface area contributed by atoms with E-state index in [1.807, 2.05) is 0 Å². The fraction of sp³-hybridized carbons (Fsp3) is 0.417. The van der Waals surface area contributed by atoms with Crippen LogP contribution in [0.1, 0.15) is 18.9 Å². The molecular formula is C12H16O4. The van der Waals surface area contributed by atoms with Crippen molar-refractivity contribution in [2.75, 3.05) is 13.2 Å². The van der Waals surface area contributed by atoms with Gasteiger partial charge in [-0.25, -0.2) is 0 Å². The van der Waals surface area contributed by atoms with Crippen molar-refractivity contribution in [3.8, 4) is 5.75 Å². The van der Waals surface area contributed by atoms with Crippen molar-refractivity contribution in [1.82, 2.24) is 0 Å². The Bertz CT molecular complexity index is 318. The van der Waals surface area contributed by atoms with Crippen molar-refractivity contribution in [3.05, 3.63) is 29.8 Å². The maximum atomic E-state index is 11.0. The van der Waals surface area contributed by atoms with Gasteiger partial charge in [0.05, 0.1) is 26.2 Å². The van der Waals surface area contributed by atoms with Crippen LogP contribution in [0.15, 0.2) is 24.3 Å². The van der Waals surface area contributed by atoms with Crippen molar-refractivity contribution in [2.24, 2.45) is 0 Å². The van der Waals surface area contributed by atoms with E-state index < -0.39 is 0 Å². The van der Waals surface area contributed by atoms with Crippen molar-refractivity contribution >= 4 is 5.97 Å². The second-order valence-corrected chi connectivity index (χ2v) is 3.21. The minimum Gasteiger partial charge on any atom is -0.493 e. The van der Waals surface area contributed by atoms with Crippen LogP contribution in [0.25, 0.3) is 0 Å². The molecule has 4 nitrogen and oxygen atoms in total. The van der Waals surface area contributed by atoms with Gasteiger partial charge in [0.2, 0.25) is 0 Å². The summed E-state index contributed by atoms with van der Waals surface area (Å²) in [6, 6.07) is 7.08. The Hall–Kier alpha value is -1.55. The molecule has 0 aliphatic carbocycles. The molecule has 1 aromatic rings. The van der Waals surface area contributed by atoms with Gasteiger partial charge in [0.25, 0.3) is 0 Å². The first-order chi connectivity index (χ1) is 7.76. The van der Waals surface area contributed by atoms with E-state index in [0.29, 0.717) is 19.0 Å². The predicted octanol–water partition coefficient (Wildman–Crippen LogP) is 1.51. The second kappa shape index (κ2) is 6.85. The number of ether oxygens (including phenoxy) is 2. The SMILES string of the molecule is CCOC(=O)CCOc1ccc(CO)cc1. The first kappa shape index (κ1) is 12.5. The average molecular weight is 224 g/mol. The molecule has 1 N–H and O–H groups in total. The van der Waals surface area contributed by atoms with Gasteiger partial charge < -0.3 is 14.6 Å². The highest BCUT2D eigenvalue weighted by molar-refractivity contribution is 5.69. The molecule has 0 aliphatic heterocycles. The van der Waals surface area contributed by atoms with Gasteiger partial charge in [0.15, 0.2) is 0 Å². The number of carbonyl (C=O) groups excluding carboxylic acids is 1. The molecule has 0 aliphatic rings. The smallest absolute Gasteiger partial charge is 0.309 e. The molecule has 1 aromatic carbocycles. The van der Waals surface area contributed by atoms with Gasteiger partial charge in [0.1, 0.15) is 5.75 Å². The minimum atomic E-state index is -0.255. The average Bonchev–Trinajstić information content (AvgIpc) is 2.30. The zero-order valence-corrected chi connectivity index (χ0v) is 9.31. The number of aliphatic hydroxyl groups excluding tert-OH is 1. The largest absolute Gasteiger partial charge is 0.493 e. The molecule has 0 fully saturated rings. The lowest BCUT2D eigenvalue weighted by Crippen LogP contribution is -2.09. The highest BCUT2D eigenvalue weighted by atomic mass is 16.5. The Kier molecular flexibility index (Phi) is 5.36. The van der Waals surface area contributed by atoms with E-state index in [2.05, 4.69) is 0 Å². The van der Waals surface area contributed by atoms with Gasteiger partial charge in [-0.2, -0.15) is 0 Å². The molecule has 0 atom stereocenters. The predicted molar refractivity (Wildman–Crippen MR) is 59.1 cm³/mol. The molecule has 0 amide bonds. The third-order valence-corrected chi connectivity index (χ3v) is 1.99. The monoisotopic (exact) mass is 224 g/mol. The fourth-order valence-corrected chi connectivity index (χ4v) is 1.18. The third-order valence-electron chi connectivity index (χ3n) is 1.99. The molecule has 0 heterocycles. The number of esters is 1. The number of aliphatic hydroxyl groups is 1. The van der Waals surface area contributed by atoms with E-state index in [1.54, 1.807) is 31.2 Å². The molecule has 88 valence electrons. The summed E-state index contributed by atoms with van der Waals surface area (Å²) in [5.41, 5.74) is 0.831. The molecule has 0 spiro atoms. The van der Waals surface area contributed by atoms with Crippen LogP contribution in [0.5, 0.6) is 5.75 Å². The van der Waals surface area contributed by atoms with Crippen LogP contribution in [0, 0.1) is 0 Å². The summed E-state index contributed by atoms with van der Waals surface area (Å²) in [6.45, 7) is 2.48. The second-order valence-electron chi connectivity index (χ2n) is 3.21. The van der Waals surface area contributed by atoms with Crippen LogP contribution in [-0.4, -0.2) is 24.3 Å². The number of benzene rings is 1. The number of hydrogen-bond acceptors (Lipinski definition) is 4. The molecule has 0 unspecified atom stereocenters. The zero-order valence-electron chi connectivity index (χ0n) is 9.31. The lowest BCUT2D eigenvalue weighted by Gasteiger charge is -2.06. The molecule has 0 saturated heterocycles. The highest BCUT2D eigenvalue weighted by Crippen LogP contribution is 2.12. The van der Waals surface area contributed by atoms with Gasteiger partial charge in [-0.1, -0.05) is 12.1 Å². The standard InChI is InChI=1S/C12H16O4/c1-2-15-12(14)7-8-16-11-5-3-10(9-13)4-6-11/h3-6,13H,2,7-9H2,1H3. The first-order valence-electron chi connectivity index (χ1n) is 5.24. The van der Waals surface area contributed by atoms with Gasteiger partial charge >= 0.3 is 5.97 Å². The number of rotatable bonds is 6. The van der Waals surface area contributed by atoms with Crippen molar-refractivity contribution < 1.29 is 19.4 Å². The molecule has 0 aromatic heterocycles. The normalized spacial score (nSPS) is 9.88. The Morgan fingerprint density at radius 2 is 2.00 bits per heavy atom. The van der Waals surface area contributed by atoms with Crippen LogP contribution in [0.4, 0.5) is 0 Å². The van der Waals surface area contributed by atoms with Crippen LogP contribution < -0.4 is 4.74 Å². The van der Waals surface area contributed by atoms with Crippen LogP contribution >= 0.6 is 0 Å². The van der Waals surface area contributed by atoms with Gasteiger partial charge in [-0.3, -0.25) is 4.79 Å². The maximum absolute atomic E-state index is 11.0. The lowest BCUT2D eigenvalue weighted by molar-refractivity contribution is -0.143. The van der Waals surface area contributed by atoms with Crippen molar-refractivity contribution in [2.45, 2.75) is 20.0 Å². The summed E-state index contributed by atoms with van der Waals surface area (Å²) in [6.07, 6.45) is 0.246. The van der Waals surface area contributed by atoms with Crippen LogP contribution in [0.3, 0.4) is 0 Å². The lowest BCUT2D eigenvalue weighted by atomic mass is 10.2. The molecule has 4 heteroatoms. The number of hydrogen-bond donors (Lipinski definition) is 1. The number of carbonyl (C=O) groups is 1. The van der Waals surface area contributed by atoms with E-state index >= 15 is 0 Å². The molecule has 1 rings (SSSR count). The summed E-state index contributed by atoms with van der Waals surface area (Å²) in [4.78, 5) is 11.0. The Morgan fingerprint density at radius 1 is 1.31 bits per heavy atom. The Balaban J connectivity index is 2.29. The van der Waals surface area contributed by atoms with E-state index in [9.17, 15) is 4.79 Å². The zero-order chi connectivity index (χ0) is 11.8. The van der Waals surface area contributed by atoms with Crippen LogP contribution in [-0.2, 0) is 16.1 Å². The summed E-state index contributed by atoms with van der Waals surface area (Å²) >= 11 is 0. The van der Waals surface area contributed by atoms with Gasteiger partial charge in [-0.15, -0.1) is 0 Å². The van der Waals surface area contributed by atoms with Crippen molar-refractivity contribution in [1.29, 1.82) is 0 Å². The molecular weight excluding hydrogens is 208 g/mol. The quantitative estimate of drug-likeness (QED) is 0.744.